The number of nitrogens with zero attached hydrogens (tertiary/aromatic N) is 3. The number of halogens is 1. The van der Waals surface area contributed by atoms with Gasteiger partial charge in [0.15, 0.2) is 0 Å². The van der Waals surface area contributed by atoms with Crippen molar-refractivity contribution < 1.29 is 19.3 Å². The Balaban J connectivity index is 2.05. The number of aryl methyl sites for hydroxylation is 1. The van der Waals surface area contributed by atoms with Crippen molar-refractivity contribution in [3.8, 4) is 0 Å². The zero-order valence-electron chi connectivity index (χ0n) is 16.3. The predicted molar refractivity (Wildman–Crippen MR) is 113 cm³/mol. The molecule has 0 spiro atoms. The van der Waals surface area contributed by atoms with Gasteiger partial charge in [-0.3, -0.25) is 25.0 Å². The van der Waals surface area contributed by atoms with E-state index in [0.717, 1.165) is 10.5 Å². The van der Waals surface area contributed by atoms with Gasteiger partial charge in [-0.2, -0.15) is 0 Å². The molecular formula is C20H17ClN4O5. The van der Waals surface area contributed by atoms with Gasteiger partial charge in [-0.05, 0) is 42.3 Å². The van der Waals surface area contributed by atoms with Crippen LogP contribution in [-0.2, 0) is 9.59 Å². The Kier molecular flexibility index (Phi) is 5.57. The summed E-state index contributed by atoms with van der Waals surface area (Å²) in [6, 6.07) is 8.02. The van der Waals surface area contributed by atoms with Crippen LogP contribution in [0.3, 0.4) is 0 Å². The summed E-state index contributed by atoms with van der Waals surface area (Å²) in [5, 5.41) is 13.8. The van der Waals surface area contributed by atoms with Gasteiger partial charge in [0.05, 0.1) is 10.6 Å². The molecule has 1 heterocycles. The van der Waals surface area contributed by atoms with Crippen LogP contribution >= 0.6 is 11.6 Å². The van der Waals surface area contributed by atoms with E-state index >= 15 is 0 Å². The summed E-state index contributed by atoms with van der Waals surface area (Å²) < 4.78 is 0. The molecule has 1 aliphatic rings. The Bertz CT molecular complexity index is 1130. The molecule has 1 N–H and O–H groups in total. The van der Waals surface area contributed by atoms with E-state index in [0.29, 0.717) is 10.7 Å². The maximum atomic E-state index is 12.9. The van der Waals surface area contributed by atoms with Gasteiger partial charge < -0.3 is 4.90 Å². The van der Waals surface area contributed by atoms with Crippen LogP contribution in [0.15, 0.2) is 42.0 Å². The molecule has 0 unspecified atom stereocenters. The smallest absolute Gasteiger partial charge is 0.335 e. The molecule has 2 aromatic carbocycles. The number of barbiturate groups is 1. The van der Waals surface area contributed by atoms with Crippen LogP contribution < -0.4 is 15.1 Å². The highest BCUT2D eigenvalue weighted by atomic mass is 35.5. The number of imide groups is 2. The molecule has 3 rings (SSSR count). The highest BCUT2D eigenvalue weighted by Crippen LogP contribution is 2.30. The zero-order chi connectivity index (χ0) is 22.2. The van der Waals surface area contributed by atoms with Crippen molar-refractivity contribution in [2.75, 3.05) is 23.9 Å². The van der Waals surface area contributed by atoms with Crippen molar-refractivity contribution in [2.24, 2.45) is 0 Å². The first-order valence-corrected chi connectivity index (χ1v) is 9.11. The number of nitro groups is 1. The summed E-state index contributed by atoms with van der Waals surface area (Å²) in [5.41, 5.74) is 1.06. The second-order valence-corrected chi connectivity index (χ2v) is 7.20. The lowest BCUT2D eigenvalue weighted by Gasteiger charge is -2.26. The van der Waals surface area contributed by atoms with Gasteiger partial charge in [0.2, 0.25) is 0 Å². The molecule has 154 valence electrons. The molecule has 0 atom stereocenters. The first kappa shape index (κ1) is 21.0. The molecule has 0 radical (unpaired) electrons. The van der Waals surface area contributed by atoms with Crippen LogP contribution in [0.1, 0.15) is 11.1 Å². The Hall–Kier alpha value is -3.72. The number of nitrogens with one attached hydrogen (secondary N) is 1. The van der Waals surface area contributed by atoms with Crippen molar-refractivity contribution in [3.63, 3.8) is 0 Å². The number of nitro benzene ring substituents is 1. The topological polar surface area (TPSA) is 113 Å². The minimum absolute atomic E-state index is 0.184. The van der Waals surface area contributed by atoms with Crippen LogP contribution in [0.4, 0.5) is 21.9 Å². The number of carbonyl (C=O) groups is 3. The van der Waals surface area contributed by atoms with Gasteiger partial charge in [-0.15, -0.1) is 0 Å². The molecule has 1 fully saturated rings. The van der Waals surface area contributed by atoms with Gasteiger partial charge in [-0.1, -0.05) is 23.7 Å². The average molecular weight is 429 g/mol. The Morgan fingerprint density at radius 2 is 1.83 bits per heavy atom. The van der Waals surface area contributed by atoms with Gasteiger partial charge in [0, 0.05) is 25.2 Å². The van der Waals surface area contributed by atoms with Gasteiger partial charge in [-0.25, -0.2) is 9.69 Å². The van der Waals surface area contributed by atoms with Crippen molar-refractivity contribution in [1.82, 2.24) is 5.32 Å². The third-order valence-electron chi connectivity index (χ3n) is 4.50. The molecule has 10 heteroatoms. The summed E-state index contributed by atoms with van der Waals surface area (Å²) in [7, 11) is 3.32. The Labute approximate surface area is 176 Å². The van der Waals surface area contributed by atoms with E-state index in [1.54, 1.807) is 38.1 Å². The molecule has 2 aromatic rings. The summed E-state index contributed by atoms with van der Waals surface area (Å²) in [5.74, 6) is -1.75. The third kappa shape index (κ3) is 3.87. The molecule has 30 heavy (non-hydrogen) atoms. The molecule has 0 aliphatic carbocycles. The lowest BCUT2D eigenvalue weighted by atomic mass is 10.1. The van der Waals surface area contributed by atoms with Gasteiger partial charge in [0.25, 0.3) is 17.5 Å². The van der Waals surface area contributed by atoms with Crippen LogP contribution in [0.5, 0.6) is 0 Å². The molecule has 9 nitrogen and oxygen atoms in total. The largest absolute Gasteiger partial charge is 0.372 e. The Morgan fingerprint density at radius 3 is 2.43 bits per heavy atom. The second kappa shape index (κ2) is 7.96. The summed E-state index contributed by atoms with van der Waals surface area (Å²) in [6.45, 7) is 1.77. The number of urea groups is 1. The number of anilines is 2. The number of hydrogen-bond acceptors (Lipinski definition) is 6. The van der Waals surface area contributed by atoms with Crippen LogP contribution in [-0.4, -0.2) is 36.9 Å². The molecule has 1 aliphatic heterocycles. The molecule has 4 amide bonds. The van der Waals surface area contributed by atoms with Crippen LogP contribution in [0, 0.1) is 17.0 Å². The number of amides is 4. The van der Waals surface area contributed by atoms with Gasteiger partial charge in [0.1, 0.15) is 11.3 Å². The highest BCUT2D eigenvalue weighted by Gasteiger charge is 2.37. The quantitative estimate of drug-likeness (QED) is 0.346. The minimum atomic E-state index is -0.906. The molecule has 1 saturated heterocycles. The fourth-order valence-electron chi connectivity index (χ4n) is 2.93. The average Bonchev–Trinajstić information content (AvgIpc) is 2.67. The molecule has 0 aromatic heterocycles. The predicted octanol–water partition coefficient (Wildman–Crippen LogP) is 3.29. The zero-order valence-corrected chi connectivity index (χ0v) is 17.1. The summed E-state index contributed by atoms with van der Waals surface area (Å²) in [4.78, 5) is 50.7. The summed E-state index contributed by atoms with van der Waals surface area (Å²) >= 11 is 6.09. The fraction of sp³-hybridized carbons (Fsp3) is 0.150. The number of hydrogen-bond donors (Lipinski definition) is 1. The molecular weight excluding hydrogens is 412 g/mol. The minimum Gasteiger partial charge on any atom is -0.372 e. The third-order valence-corrected chi connectivity index (χ3v) is 4.91. The van der Waals surface area contributed by atoms with E-state index < -0.39 is 22.8 Å². The van der Waals surface area contributed by atoms with E-state index in [1.165, 1.54) is 30.3 Å². The van der Waals surface area contributed by atoms with Crippen molar-refractivity contribution in [1.29, 1.82) is 0 Å². The van der Waals surface area contributed by atoms with E-state index in [-0.39, 0.29) is 22.5 Å². The van der Waals surface area contributed by atoms with Crippen LogP contribution in [0.25, 0.3) is 6.08 Å². The Morgan fingerprint density at radius 1 is 1.13 bits per heavy atom. The molecule has 0 bridgehead atoms. The number of carbonyl (C=O) groups excluding carboxylic acids is 3. The van der Waals surface area contributed by atoms with E-state index in [9.17, 15) is 24.5 Å². The van der Waals surface area contributed by atoms with E-state index in [4.69, 9.17) is 11.6 Å². The van der Waals surface area contributed by atoms with Gasteiger partial charge >= 0.3 is 6.03 Å². The maximum absolute atomic E-state index is 12.9. The summed E-state index contributed by atoms with van der Waals surface area (Å²) in [6.07, 6.45) is 1.21. The number of rotatable bonds is 4. The van der Waals surface area contributed by atoms with E-state index in [2.05, 4.69) is 5.32 Å². The molecule has 0 saturated carbocycles. The standard InChI is InChI=1S/C20H17ClN4O5/c1-11-4-6-13(10-15(11)21)24-19(27)14(18(26)22-20(24)28)8-12-5-7-16(23(2)3)17(9-12)25(29)30/h4-10H,1-3H3,(H,22,26,28). The fourth-order valence-corrected chi connectivity index (χ4v) is 3.11. The second-order valence-electron chi connectivity index (χ2n) is 6.79. The van der Waals surface area contributed by atoms with Crippen molar-refractivity contribution in [3.05, 3.63) is 68.2 Å². The van der Waals surface area contributed by atoms with Crippen molar-refractivity contribution in [2.45, 2.75) is 6.92 Å². The number of benzene rings is 2. The maximum Gasteiger partial charge on any atom is 0.335 e. The lowest BCUT2D eigenvalue weighted by molar-refractivity contribution is -0.384. The normalized spacial score (nSPS) is 15.4. The SMILES string of the molecule is Cc1ccc(N2C(=O)NC(=O)C(=Cc3ccc(N(C)C)c([N+](=O)[O-])c3)C2=O)cc1Cl. The first-order valence-electron chi connectivity index (χ1n) is 8.73. The van der Waals surface area contributed by atoms with Crippen molar-refractivity contribution >= 4 is 52.6 Å². The lowest BCUT2D eigenvalue weighted by Crippen LogP contribution is -2.54. The van der Waals surface area contributed by atoms with E-state index in [1.807, 2.05) is 0 Å². The first-order chi connectivity index (χ1) is 14.1. The van der Waals surface area contributed by atoms with Crippen LogP contribution in [0.2, 0.25) is 5.02 Å². The highest BCUT2D eigenvalue weighted by molar-refractivity contribution is 6.39. The monoisotopic (exact) mass is 428 g/mol.